The molecule has 1 fully saturated rings. The van der Waals surface area contributed by atoms with Gasteiger partial charge in [0.25, 0.3) is 0 Å². The van der Waals surface area contributed by atoms with Crippen molar-refractivity contribution in [1.29, 1.82) is 0 Å². The number of carbonyl (C=O) groups is 2. The molecule has 4 rings (SSSR count). The Bertz CT molecular complexity index is 1130. The fraction of sp³-hybridized carbons (Fsp3) is 0.310. The standard InChI is InChI=1S/C29H31NO7/c1-20(31)30-25-27(35-18-22-13-7-3-8-14-22)26(37-28(32)23-15-9-4-10-16-23)24(36-29(25)33)19-34-17-21-11-5-2-6-12-21/h2-16,24-27,29,33H,17-19H2,1H3,(H,30,31)/t24-,25-,26+,27-,29+/m1/s1. The lowest BCUT2D eigenvalue weighted by molar-refractivity contribution is -0.266. The van der Waals surface area contributed by atoms with E-state index >= 15 is 0 Å². The van der Waals surface area contributed by atoms with Crippen molar-refractivity contribution < 1.29 is 33.6 Å². The Morgan fingerprint density at radius 1 is 0.838 bits per heavy atom. The van der Waals surface area contributed by atoms with Crippen LogP contribution < -0.4 is 5.32 Å². The molecule has 2 N–H and O–H groups in total. The molecule has 1 aliphatic rings. The molecule has 0 radical (unpaired) electrons. The highest BCUT2D eigenvalue weighted by atomic mass is 16.7. The Labute approximate surface area is 216 Å². The lowest BCUT2D eigenvalue weighted by Gasteiger charge is -2.44. The number of aliphatic hydroxyl groups excluding tert-OH is 1. The number of benzene rings is 3. The zero-order chi connectivity index (χ0) is 26.0. The molecule has 8 heteroatoms. The van der Waals surface area contributed by atoms with Gasteiger partial charge in [0.2, 0.25) is 5.91 Å². The smallest absolute Gasteiger partial charge is 0.338 e. The summed E-state index contributed by atoms with van der Waals surface area (Å²) in [6.45, 7) is 1.84. The number of hydrogen-bond acceptors (Lipinski definition) is 7. The van der Waals surface area contributed by atoms with E-state index in [0.717, 1.165) is 11.1 Å². The summed E-state index contributed by atoms with van der Waals surface area (Å²) < 4.78 is 23.8. The van der Waals surface area contributed by atoms with Gasteiger partial charge in [0.05, 0.1) is 25.4 Å². The van der Waals surface area contributed by atoms with Gasteiger partial charge < -0.3 is 29.4 Å². The molecule has 1 heterocycles. The maximum absolute atomic E-state index is 13.1. The highest BCUT2D eigenvalue weighted by Gasteiger charge is 2.49. The Morgan fingerprint density at radius 2 is 1.41 bits per heavy atom. The molecule has 5 atom stereocenters. The third-order valence-electron chi connectivity index (χ3n) is 5.97. The number of ether oxygens (including phenoxy) is 4. The third kappa shape index (κ3) is 7.47. The van der Waals surface area contributed by atoms with Gasteiger partial charge in [-0.25, -0.2) is 4.79 Å². The van der Waals surface area contributed by atoms with Crippen molar-refractivity contribution in [3.05, 3.63) is 108 Å². The maximum atomic E-state index is 13.1. The van der Waals surface area contributed by atoms with Gasteiger partial charge >= 0.3 is 5.97 Å². The van der Waals surface area contributed by atoms with E-state index < -0.39 is 36.6 Å². The SMILES string of the molecule is CC(=O)N[C@@H]1[C@@H](OCc2ccccc2)[C@@H](OC(=O)c2ccccc2)[C@@H](COCc2ccccc2)O[C@@H]1O. The molecule has 0 saturated carbocycles. The maximum Gasteiger partial charge on any atom is 0.338 e. The highest BCUT2D eigenvalue weighted by Crippen LogP contribution is 2.28. The van der Waals surface area contributed by atoms with E-state index in [0.29, 0.717) is 12.2 Å². The number of nitrogens with one attached hydrogen (secondary N) is 1. The molecular weight excluding hydrogens is 474 g/mol. The van der Waals surface area contributed by atoms with Crippen LogP contribution in [0.1, 0.15) is 28.4 Å². The Kier molecular flexibility index (Phi) is 9.40. The second kappa shape index (κ2) is 13.1. The van der Waals surface area contributed by atoms with E-state index in [4.69, 9.17) is 18.9 Å². The molecule has 1 saturated heterocycles. The first kappa shape index (κ1) is 26.5. The average Bonchev–Trinajstić information content (AvgIpc) is 2.92. The molecule has 3 aromatic carbocycles. The first-order valence-corrected chi connectivity index (χ1v) is 12.1. The van der Waals surface area contributed by atoms with Crippen molar-refractivity contribution in [2.24, 2.45) is 0 Å². The van der Waals surface area contributed by atoms with E-state index in [1.165, 1.54) is 6.92 Å². The van der Waals surface area contributed by atoms with Gasteiger partial charge in [0.15, 0.2) is 12.4 Å². The highest BCUT2D eigenvalue weighted by molar-refractivity contribution is 5.89. The quantitative estimate of drug-likeness (QED) is 0.408. The van der Waals surface area contributed by atoms with Crippen LogP contribution in [-0.4, -0.2) is 54.2 Å². The minimum absolute atomic E-state index is 0.0245. The molecule has 0 aromatic heterocycles. The predicted molar refractivity (Wildman–Crippen MR) is 135 cm³/mol. The molecule has 8 nitrogen and oxygen atoms in total. The Hall–Kier alpha value is -3.56. The van der Waals surface area contributed by atoms with Crippen LogP contribution in [0.15, 0.2) is 91.0 Å². The van der Waals surface area contributed by atoms with Gasteiger partial charge in [0.1, 0.15) is 18.2 Å². The van der Waals surface area contributed by atoms with E-state index in [2.05, 4.69) is 5.32 Å². The van der Waals surface area contributed by atoms with E-state index in [1.54, 1.807) is 30.3 Å². The molecule has 0 spiro atoms. The van der Waals surface area contributed by atoms with Crippen molar-refractivity contribution in [1.82, 2.24) is 5.32 Å². The van der Waals surface area contributed by atoms with E-state index in [-0.39, 0.29) is 19.1 Å². The van der Waals surface area contributed by atoms with Crippen LogP contribution in [0.3, 0.4) is 0 Å². The lowest BCUT2D eigenvalue weighted by atomic mass is 9.96. The number of amides is 1. The fourth-order valence-electron chi connectivity index (χ4n) is 4.18. The molecule has 0 aliphatic carbocycles. The fourth-order valence-corrected chi connectivity index (χ4v) is 4.18. The van der Waals surface area contributed by atoms with Crippen LogP contribution >= 0.6 is 0 Å². The minimum atomic E-state index is -1.40. The molecule has 37 heavy (non-hydrogen) atoms. The lowest BCUT2D eigenvalue weighted by Crippen LogP contribution is -2.65. The number of hydrogen-bond donors (Lipinski definition) is 2. The van der Waals surface area contributed by atoms with Crippen LogP contribution in [0.2, 0.25) is 0 Å². The van der Waals surface area contributed by atoms with Gasteiger partial charge in [-0.3, -0.25) is 4.79 Å². The van der Waals surface area contributed by atoms with Crippen molar-refractivity contribution in [2.45, 2.75) is 50.8 Å². The Morgan fingerprint density at radius 3 is 2.00 bits per heavy atom. The van der Waals surface area contributed by atoms with Crippen LogP contribution in [0.4, 0.5) is 0 Å². The average molecular weight is 506 g/mol. The second-order valence-electron chi connectivity index (χ2n) is 8.79. The largest absolute Gasteiger partial charge is 0.453 e. The molecule has 3 aromatic rings. The van der Waals surface area contributed by atoms with Gasteiger partial charge in [-0.15, -0.1) is 0 Å². The van der Waals surface area contributed by atoms with Crippen LogP contribution in [0.25, 0.3) is 0 Å². The van der Waals surface area contributed by atoms with Crippen LogP contribution in [-0.2, 0) is 37.0 Å². The van der Waals surface area contributed by atoms with Crippen molar-refractivity contribution >= 4 is 11.9 Å². The summed E-state index contributed by atoms with van der Waals surface area (Å²) in [5.41, 5.74) is 2.20. The predicted octanol–water partition coefficient (Wildman–Crippen LogP) is 3.24. The summed E-state index contributed by atoms with van der Waals surface area (Å²) in [5, 5.41) is 13.5. The summed E-state index contributed by atoms with van der Waals surface area (Å²) in [7, 11) is 0. The number of carbonyl (C=O) groups excluding carboxylic acids is 2. The minimum Gasteiger partial charge on any atom is -0.453 e. The molecule has 1 aliphatic heterocycles. The van der Waals surface area contributed by atoms with E-state index in [1.807, 2.05) is 60.7 Å². The van der Waals surface area contributed by atoms with E-state index in [9.17, 15) is 14.7 Å². The molecule has 1 amide bonds. The number of esters is 1. The third-order valence-corrected chi connectivity index (χ3v) is 5.97. The van der Waals surface area contributed by atoms with Crippen LogP contribution in [0.5, 0.6) is 0 Å². The zero-order valence-corrected chi connectivity index (χ0v) is 20.6. The first-order valence-electron chi connectivity index (χ1n) is 12.1. The molecule has 0 bridgehead atoms. The number of rotatable bonds is 10. The first-order chi connectivity index (χ1) is 18.0. The van der Waals surface area contributed by atoms with Gasteiger partial charge in [0, 0.05) is 6.92 Å². The second-order valence-corrected chi connectivity index (χ2v) is 8.79. The topological polar surface area (TPSA) is 103 Å². The summed E-state index contributed by atoms with van der Waals surface area (Å²) in [6.07, 6.45) is -4.14. The monoisotopic (exact) mass is 505 g/mol. The van der Waals surface area contributed by atoms with Crippen molar-refractivity contribution in [2.75, 3.05) is 6.61 Å². The molecular formula is C29H31NO7. The number of aliphatic hydroxyl groups is 1. The van der Waals surface area contributed by atoms with Gasteiger partial charge in [-0.05, 0) is 23.3 Å². The van der Waals surface area contributed by atoms with Gasteiger partial charge in [-0.1, -0.05) is 78.9 Å². The summed E-state index contributed by atoms with van der Waals surface area (Å²) in [4.78, 5) is 25.0. The van der Waals surface area contributed by atoms with Crippen molar-refractivity contribution in [3.63, 3.8) is 0 Å². The summed E-state index contributed by atoms with van der Waals surface area (Å²) in [6, 6.07) is 26.7. The van der Waals surface area contributed by atoms with Gasteiger partial charge in [-0.2, -0.15) is 0 Å². The Balaban J connectivity index is 1.57. The van der Waals surface area contributed by atoms with Crippen molar-refractivity contribution in [3.8, 4) is 0 Å². The normalized spacial score (nSPS) is 23.2. The summed E-state index contributed by atoms with van der Waals surface area (Å²) in [5.74, 6) is -0.957. The molecule has 0 unspecified atom stereocenters. The molecule has 194 valence electrons. The van der Waals surface area contributed by atoms with Crippen LogP contribution in [0, 0.1) is 0 Å². The zero-order valence-electron chi connectivity index (χ0n) is 20.6. The summed E-state index contributed by atoms with van der Waals surface area (Å²) >= 11 is 0.